The fourth-order valence-electron chi connectivity index (χ4n) is 5.21. The molecule has 2 saturated heterocycles. The number of alkyl halides is 3. The fraction of sp³-hybridized carbons (Fsp3) is 0.429. The third kappa shape index (κ3) is 6.42. The van der Waals surface area contributed by atoms with E-state index in [1.807, 2.05) is 18.7 Å². The number of urea groups is 1. The maximum atomic E-state index is 13.9. The number of carbonyl (C=O) groups is 2. The Morgan fingerprint density at radius 3 is 2.45 bits per heavy atom. The molecule has 1 aromatic carbocycles. The van der Waals surface area contributed by atoms with Gasteiger partial charge < -0.3 is 29.8 Å². The van der Waals surface area contributed by atoms with Crippen molar-refractivity contribution in [1.29, 1.82) is 0 Å². The van der Waals surface area contributed by atoms with Gasteiger partial charge in [-0.05, 0) is 49.9 Å². The lowest BCUT2D eigenvalue weighted by Crippen LogP contribution is -2.55. The highest BCUT2D eigenvalue weighted by atomic mass is 19.4. The molecule has 2 N–H and O–H groups in total. The topological polar surface area (TPSA) is 107 Å². The van der Waals surface area contributed by atoms with Crippen LogP contribution in [-0.2, 0) is 6.18 Å². The van der Waals surface area contributed by atoms with Crippen LogP contribution < -0.4 is 20.4 Å². The number of oxazole rings is 1. The molecule has 0 spiro atoms. The molecule has 0 radical (unpaired) electrons. The number of aromatic nitrogens is 2. The number of benzene rings is 1. The number of anilines is 4. The van der Waals surface area contributed by atoms with Crippen molar-refractivity contribution in [3.8, 4) is 0 Å². The van der Waals surface area contributed by atoms with E-state index in [-0.39, 0.29) is 29.3 Å². The standard InChI is InChI=1S/C28H31F4N7O3/c1-17-6-5-11-38(15-17)27-36-24(28(30,31)32)23(42-27)25(40)34-19-9-10-22(33-14-19)37-12-13-39(18(2)16-37)26(41)35-21-8-4-3-7-20(21)29/h3-4,7-10,14,17-18H,5-6,11-13,15-16H2,1-2H3,(H,34,40)(H,35,41)/t17?,18-/m0/s1. The van der Waals surface area contributed by atoms with Crippen LogP contribution in [0.4, 0.5) is 45.6 Å². The molecule has 2 atom stereocenters. The van der Waals surface area contributed by atoms with Crippen LogP contribution >= 0.6 is 0 Å². The molecule has 2 fully saturated rings. The van der Waals surface area contributed by atoms with E-state index in [1.165, 1.54) is 30.5 Å². The van der Waals surface area contributed by atoms with Crippen molar-refractivity contribution in [3.05, 3.63) is 59.9 Å². The highest BCUT2D eigenvalue weighted by molar-refractivity contribution is 6.03. The molecule has 3 aromatic rings. The molecule has 3 amide bonds. The van der Waals surface area contributed by atoms with Crippen LogP contribution in [0, 0.1) is 11.7 Å². The van der Waals surface area contributed by atoms with Gasteiger partial charge in [0, 0.05) is 38.8 Å². The van der Waals surface area contributed by atoms with Gasteiger partial charge in [-0.1, -0.05) is 19.1 Å². The Balaban J connectivity index is 1.22. The molecule has 1 unspecified atom stereocenters. The number of hydrogen-bond donors (Lipinski definition) is 2. The van der Waals surface area contributed by atoms with Crippen LogP contribution in [0.3, 0.4) is 0 Å². The van der Waals surface area contributed by atoms with Crippen LogP contribution in [0.15, 0.2) is 47.0 Å². The lowest BCUT2D eigenvalue weighted by molar-refractivity contribution is -0.141. The van der Waals surface area contributed by atoms with Gasteiger partial charge in [0.2, 0.25) is 5.76 Å². The van der Waals surface area contributed by atoms with Crippen molar-refractivity contribution < 1.29 is 31.6 Å². The predicted octanol–water partition coefficient (Wildman–Crippen LogP) is 5.46. The summed E-state index contributed by atoms with van der Waals surface area (Å²) in [5.41, 5.74) is -1.09. The fourth-order valence-corrected chi connectivity index (χ4v) is 5.21. The summed E-state index contributed by atoms with van der Waals surface area (Å²) >= 11 is 0. The molecular weight excluding hydrogens is 558 g/mol. The second-order valence-electron chi connectivity index (χ2n) is 10.6. The van der Waals surface area contributed by atoms with Gasteiger partial charge in [-0.25, -0.2) is 14.2 Å². The van der Waals surface area contributed by atoms with Crippen LogP contribution in [0.25, 0.3) is 0 Å². The normalized spacial score (nSPS) is 19.5. The average Bonchev–Trinajstić information content (AvgIpc) is 3.42. The summed E-state index contributed by atoms with van der Waals surface area (Å²) in [5, 5.41) is 5.01. The number of para-hydroxylation sites is 1. The van der Waals surface area contributed by atoms with Crippen LogP contribution in [-0.4, -0.2) is 65.6 Å². The van der Waals surface area contributed by atoms with E-state index < -0.39 is 35.4 Å². The molecule has 5 rings (SSSR count). The maximum Gasteiger partial charge on any atom is 0.437 e. The first-order valence-corrected chi connectivity index (χ1v) is 13.7. The van der Waals surface area contributed by atoms with Gasteiger partial charge in [-0.2, -0.15) is 18.2 Å². The van der Waals surface area contributed by atoms with E-state index in [9.17, 15) is 27.2 Å². The predicted molar refractivity (Wildman–Crippen MR) is 148 cm³/mol. The van der Waals surface area contributed by atoms with Crippen molar-refractivity contribution >= 4 is 35.1 Å². The summed E-state index contributed by atoms with van der Waals surface area (Å²) in [5.74, 6) is -1.68. The Hall–Kier alpha value is -4.36. The van der Waals surface area contributed by atoms with Crippen molar-refractivity contribution in [1.82, 2.24) is 14.9 Å². The minimum absolute atomic E-state index is 0.0985. The Labute approximate surface area is 239 Å². The maximum absolute atomic E-state index is 13.9. The minimum Gasteiger partial charge on any atom is -0.417 e. The Bertz CT molecular complexity index is 1430. The van der Waals surface area contributed by atoms with Crippen molar-refractivity contribution in [2.24, 2.45) is 5.92 Å². The van der Waals surface area contributed by atoms with E-state index >= 15 is 0 Å². The molecule has 224 valence electrons. The van der Waals surface area contributed by atoms with E-state index in [0.717, 1.165) is 12.8 Å². The molecule has 14 heteroatoms. The van der Waals surface area contributed by atoms with Crippen LogP contribution in [0.2, 0.25) is 0 Å². The largest absolute Gasteiger partial charge is 0.437 e. The summed E-state index contributed by atoms with van der Waals surface area (Å²) in [6, 6.07) is 8.22. The minimum atomic E-state index is -4.87. The number of carbonyl (C=O) groups excluding carboxylic acids is 2. The Morgan fingerprint density at radius 1 is 1.00 bits per heavy atom. The van der Waals surface area contributed by atoms with Gasteiger partial charge >= 0.3 is 12.2 Å². The van der Waals surface area contributed by atoms with Gasteiger partial charge in [0.05, 0.1) is 17.6 Å². The Kier molecular flexibility index (Phi) is 8.23. The van der Waals surface area contributed by atoms with Gasteiger partial charge in [0.15, 0.2) is 5.69 Å². The highest BCUT2D eigenvalue weighted by Gasteiger charge is 2.42. The second kappa shape index (κ2) is 11.9. The number of amides is 3. The SMILES string of the molecule is CC1CCCN(c2nc(C(F)(F)F)c(C(=O)Nc3ccc(N4CCN(C(=O)Nc5ccccc5F)[C@@H](C)C4)nc3)o2)C1. The van der Waals surface area contributed by atoms with Gasteiger partial charge in [-0.15, -0.1) is 0 Å². The quantitative estimate of drug-likeness (QED) is 0.381. The van der Waals surface area contributed by atoms with Gasteiger partial charge in [0.1, 0.15) is 11.6 Å². The molecule has 2 aliphatic heterocycles. The first-order valence-electron chi connectivity index (χ1n) is 13.7. The average molecular weight is 590 g/mol. The number of rotatable bonds is 5. The second-order valence-corrected chi connectivity index (χ2v) is 10.6. The zero-order valence-electron chi connectivity index (χ0n) is 23.1. The number of nitrogens with one attached hydrogen (secondary N) is 2. The zero-order valence-corrected chi connectivity index (χ0v) is 23.1. The van der Waals surface area contributed by atoms with Crippen LogP contribution in [0.5, 0.6) is 0 Å². The molecule has 2 aliphatic rings. The third-order valence-corrected chi connectivity index (χ3v) is 7.35. The van der Waals surface area contributed by atoms with E-state index in [1.54, 1.807) is 21.9 Å². The van der Waals surface area contributed by atoms with E-state index in [4.69, 9.17) is 4.42 Å². The molecule has 4 heterocycles. The molecule has 2 aromatic heterocycles. The van der Waals surface area contributed by atoms with Crippen LogP contribution in [0.1, 0.15) is 42.9 Å². The third-order valence-electron chi connectivity index (χ3n) is 7.35. The lowest BCUT2D eigenvalue weighted by Gasteiger charge is -2.40. The van der Waals surface area contributed by atoms with E-state index in [0.29, 0.717) is 38.5 Å². The Morgan fingerprint density at radius 2 is 1.79 bits per heavy atom. The van der Waals surface area contributed by atoms with E-state index in [2.05, 4.69) is 20.6 Å². The first kappa shape index (κ1) is 29.1. The van der Waals surface area contributed by atoms with Gasteiger partial charge in [0.25, 0.3) is 11.9 Å². The molecule has 10 nitrogen and oxygen atoms in total. The number of hydrogen-bond acceptors (Lipinski definition) is 7. The monoisotopic (exact) mass is 589 g/mol. The number of halogens is 4. The molecule has 0 bridgehead atoms. The molecule has 0 saturated carbocycles. The first-order chi connectivity index (χ1) is 20.0. The smallest absolute Gasteiger partial charge is 0.417 e. The molecule has 0 aliphatic carbocycles. The number of pyridine rings is 1. The highest BCUT2D eigenvalue weighted by Crippen LogP contribution is 2.35. The molecule has 42 heavy (non-hydrogen) atoms. The summed E-state index contributed by atoms with van der Waals surface area (Å²) in [6.45, 7) is 6.08. The van der Waals surface area contributed by atoms with Crippen molar-refractivity contribution in [2.75, 3.05) is 53.2 Å². The molecular formula is C28H31F4N7O3. The van der Waals surface area contributed by atoms with Crippen molar-refractivity contribution in [2.45, 2.75) is 38.9 Å². The van der Waals surface area contributed by atoms with Gasteiger partial charge in [-0.3, -0.25) is 4.79 Å². The number of piperidine rings is 1. The summed E-state index contributed by atoms with van der Waals surface area (Å²) in [6.07, 6.45) is -1.78. The van der Waals surface area contributed by atoms with Crippen molar-refractivity contribution in [3.63, 3.8) is 0 Å². The number of piperazine rings is 1. The summed E-state index contributed by atoms with van der Waals surface area (Å²) < 4.78 is 60.4. The summed E-state index contributed by atoms with van der Waals surface area (Å²) in [7, 11) is 0. The number of nitrogens with zero attached hydrogens (tertiary/aromatic N) is 5. The lowest BCUT2D eigenvalue weighted by atomic mass is 10.0. The summed E-state index contributed by atoms with van der Waals surface area (Å²) in [4.78, 5) is 38.7. The zero-order chi connectivity index (χ0) is 30.0.